The fourth-order valence-corrected chi connectivity index (χ4v) is 7.48. The molecule has 12 heteroatoms. The average molecular weight is 570 g/mol. The Hall–Kier alpha value is -3.38. The zero-order valence-corrected chi connectivity index (χ0v) is 23.7. The number of nitrogens with zero attached hydrogens (tertiary/aromatic N) is 5. The largest absolute Gasteiger partial charge is 0.447 e. The Balaban J connectivity index is 1.24. The number of hydrogen-bond donors (Lipinski definition) is 0. The van der Waals surface area contributed by atoms with E-state index in [1.807, 2.05) is 6.20 Å². The predicted molar refractivity (Wildman–Crippen MR) is 151 cm³/mol. The van der Waals surface area contributed by atoms with Crippen molar-refractivity contribution in [3.8, 4) is 0 Å². The summed E-state index contributed by atoms with van der Waals surface area (Å²) in [5.41, 5.74) is 3.53. The van der Waals surface area contributed by atoms with Crippen LogP contribution in [0, 0.1) is 6.92 Å². The van der Waals surface area contributed by atoms with Gasteiger partial charge in [-0.2, -0.15) is 0 Å². The van der Waals surface area contributed by atoms with E-state index < -0.39 is 16.1 Å². The lowest BCUT2D eigenvalue weighted by atomic mass is 10.1. The molecule has 214 valence electrons. The third-order valence-electron chi connectivity index (χ3n) is 8.16. The highest BCUT2D eigenvalue weighted by Gasteiger charge is 2.38. The standard InChI is InChI=1S/C28H35N5O6S/c1-19-14-21(20-4-5-20)16-29-26(19)30-9-11-31(12-10-30)27(34)24-7-6-22(33-23(17-38-2)18-39-28(33)35)15-25(24)32-8-3-13-40(32,36)37/h6-7,14-16,20,23H,3-5,8-13,17-18H2,1-2H3/t23-/m1/s1. The Bertz CT molecular complexity index is 1420. The van der Waals surface area contributed by atoms with Gasteiger partial charge in [0.15, 0.2) is 0 Å². The number of piperazine rings is 1. The molecule has 4 aliphatic rings. The first-order valence-corrected chi connectivity index (χ1v) is 15.5. The first kappa shape index (κ1) is 26.8. The first-order valence-electron chi connectivity index (χ1n) is 13.9. The van der Waals surface area contributed by atoms with Crippen LogP contribution in [0.15, 0.2) is 30.5 Å². The van der Waals surface area contributed by atoms with E-state index in [0.717, 1.165) is 11.4 Å². The van der Waals surface area contributed by atoms with Crippen molar-refractivity contribution in [3.05, 3.63) is 47.2 Å². The second-order valence-electron chi connectivity index (χ2n) is 11.0. The topological polar surface area (TPSA) is 113 Å². The van der Waals surface area contributed by atoms with Crippen molar-refractivity contribution in [2.45, 2.75) is 38.1 Å². The second kappa shape index (κ2) is 10.5. The van der Waals surface area contributed by atoms with Gasteiger partial charge in [-0.05, 0) is 61.4 Å². The molecule has 0 unspecified atom stereocenters. The molecule has 1 aromatic carbocycles. The Morgan fingerprint density at radius 3 is 2.55 bits per heavy atom. The van der Waals surface area contributed by atoms with E-state index in [1.54, 1.807) is 30.2 Å². The van der Waals surface area contributed by atoms with Crippen LogP contribution in [-0.4, -0.2) is 95.1 Å². The summed E-state index contributed by atoms with van der Waals surface area (Å²) in [5, 5.41) is 0. The normalized spacial score (nSPS) is 22.6. The highest BCUT2D eigenvalue weighted by atomic mass is 32.2. The number of aromatic nitrogens is 1. The molecule has 1 aliphatic carbocycles. The van der Waals surface area contributed by atoms with Gasteiger partial charge in [0.25, 0.3) is 5.91 Å². The summed E-state index contributed by atoms with van der Waals surface area (Å²) in [5.74, 6) is 1.40. The Labute approximate surface area is 234 Å². The number of cyclic esters (lactones) is 1. The number of carbonyl (C=O) groups is 2. The molecule has 3 saturated heterocycles. The predicted octanol–water partition coefficient (Wildman–Crippen LogP) is 2.74. The molecule has 4 fully saturated rings. The Kier molecular flexibility index (Phi) is 7.07. The number of benzene rings is 1. The Morgan fingerprint density at radius 2 is 1.90 bits per heavy atom. The minimum absolute atomic E-state index is 0.0213. The molecule has 3 aliphatic heterocycles. The van der Waals surface area contributed by atoms with Gasteiger partial charge < -0.3 is 19.3 Å². The number of ether oxygens (including phenoxy) is 2. The molecule has 6 rings (SSSR count). The van der Waals surface area contributed by atoms with Gasteiger partial charge in [0.1, 0.15) is 12.4 Å². The van der Waals surface area contributed by atoms with Gasteiger partial charge in [0, 0.05) is 51.7 Å². The molecule has 11 nitrogen and oxygen atoms in total. The van der Waals surface area contributed by atoms with E-state index in [1.165, 1.54) is 27.6 Å². The van der Waals surface area contributed by atoms with Gasteiger partial charge in [0.2, 0.25) is 10.0 Å². The lowest BCUT2D eigenvalue weighted by Crippen LogP contribution is -2.49. The van der Waals surface area contributed by atoms with Crippen LogP contribution in [0.3, 0.4) is 0 Å². The number of aryl methyl sites for hydroxylation is 1. The molecule has 2 amide bonds. The zero-order chi connectivity index (χ0) is 28.0. The van der Waals surface area contributed by atoms with E-state index in [2.05, 4.69) is 17.9 Å². The number of sulfonamides is 1. The summed E-state index contributed by atoms with van der Waals surface area (Å²) < 4.78 is 37.7. The zero-order valence-electron chi connectivity index (χ0n) is 22.9. The molecule has 0 N–H and O–H groups in total. The summed E-state index contributed by atoms with van der Waals surface area (Å²) in [7, 11) is -2.03. The molecule has 1 aromatic heterocycles. The maximum absolute atomic E-state index is 13.8. The third-order valence-corrected chi connectivity index (χ3v) is 10.0. The van der Waals surface area contributed by atoms with Crippen molar-refractivity contribution in [1.82, 2.24) is 9.88 Å². The van der Waals surface area contributed by atoms with Crippen LogP contribution in [0.4, 0.5) is 22.0 Å². The highest BCUT2D eigenvalue weighted by Crippen LogP contribution is 2.41. The maximum Gasteiger partial charge on any atom is 0.414 e. The van der Waals surface area contributed by atoms with Crippen LogP contribution in [0.25, 0.3) is 0 Å². The van der Waals surface area contributed by atoms with Crippen LogP contribution < -0.4 is 14.1 Å². The van der Waals surface area contributed by atoms with Gasteiger partial charge in [-0.1, -0.05) is 6.07 Å². The number of methoxy groups -OCH3 is 1. The van der Waals surface area contributed by atoms with Crippen molar-refractivity contribution < 1.29 is 27.5 Å². The maximum atomic E-state index is 13.8. The minimum Gasteiger partial charge on any atom is -0.447 e. The summed E-state index contributed by atoms with van der Waals surface area (Å²) in [6.45, 7) is 5.07. The van der Waals surface area contributed by atoms with Gasteiger partial charge in [-0.15, -0.1) is 0 Å². The van der Waals surface area contributed by atoms with Gasteiger partial charge in [-0.25, -0.2) is 18.2 Å². The smallest absolute Gasteiger partial charge is 0.414 e. The van der Waals surface area contributed by atoms with Crippen molar-refractivity contribution in [1.29, 1.82) is 0 Å². The summed E-state index contributed by atoms with van der Waals surface area (Å²) >= 11 is 0. The van der Waals surface area contributed by atoms with E-state index in [0.29, 0.717) is 55.5 Å². The number of amides is 2. The quantitative estimate of drug-likeness (QED) is 0.501. The number of pyridine rings is 1. The van der Waals surface area contributed by atoms with E-state index in [9.17, 15) is 18.0 Å². The molecule has 2 aromatic rings. The highest BCUT2D eigenvalue weighted by molar-refractivity contribution is 7.93. The number of hydrogen-bond acceptors (Lipinski definition) is 8. The molecule has 0 radical (unpaired) electrons. The van der Waals surface area contributed by atoms with Crippen molar-refractivity contribution in [3.63, 3.8) is 0 Å². The average Bonchev–Trinajstić information content (AvgIpc) is 3.65. The lowest BCUT2D eigenvalue weighted by Gasteiger charge is -2.36. The molecule has 0 spiro atoms. The summed E-state index contributed by atoms with van der Waals surface area (Å²) in [6, 6.07) is 6.82. The Morgan fingerprint density at radius 1 is 1.12 bits per heavy atom. The second-order valence-corrected chi connectivity index (χ2v) is 13.0. The number of carbonyl (C=O) groups excluding carboxylic acids is 2. The monoisotopic (exact) mass is 569 g/mol. The molecular formula is C28H35N5O6S. The number of anilines is 3. The molecule has 4 heterocycles. The molecule has 0 bridgehead atoms. The summed E-state index contributed by atoms with van der Waals surface area (Å²) in [6.07, 6.45) is 4.40. The number of rotatable bonds is 7. The van der Waals surface area contributed by atoms with E-state index in [-0.39, 0.29) is 37.5 Å². The molecular weight excluding hydrogens is 534 g/mol. The SMILES string of the molecule is COC[C@@H]1COC(=O)N1c1ccc(C(=O)N2CCN(c3ncc(C4CC4)cc3C)CC2)c(N2CCCS2(=O)=O)c1. The van der Waals surface area contributed by atoms with Crippen molar-refractivity contribution in [2.75, 3.05) is 72.9 Å². The van der Waals surface area contributed by atoms with Crippen LogP contribution in [0.2, 0.25) is 0 Å². The van der Waals surface area contributed by atoms with Crippen LogP contribution in [0.1, 0.15) is 46.7 Å². The van der Waals surface area contributed by atoms with Crippen molar-refractivity contribution in [2.24, 2.45) is 0 Å². The van der Waals surface area contributed by atoms with Crippen molar-refractivity contribution >= 4 is 39.2 Å². The van der Waals surface area contributed by atoms with Gasteiger partial charge >= 0.3 is 6.09 Å². The van der Waals surface area contributed by atoms with Crippen LogP contribution in [-0.2, 0) is 19.5 Å². The van der Waals surface area contributed by atoms with E-state index >= 15 is 0 Å². The fourth-order valence-electron chi connectivity index (χ4n) is 5.91. The molecule has 1 atom stereocenters. The van der Waals surface area contributed by atoms with Gasteiger partial charge in [0.05, 0.1) is 29.7 Å². The van der Waals surface area contributed by atoms with Crippen LogP contribution >= 0.6 is 0 Å². The lowest BCUT2D eigenvalue weighted by molar-refractivity contribution is 0.0747. The summed E-state index contributed by atoms with van der Waals surface area (Å²) in [4.78, 5) is 36.6. The van der Waals surface area contributed by atoms with Crippen LogP contribution in [0.5, 0.6) is 0 Å². The third kappa shape index (κ3) is 4.98. The van der Waals surface area contributed by atoms with Gasteiger partial charge in [-0.3, -0.25) is 14.0 Å². The molecule has 40 heavy (non-hydrogen) atoms. The van der Waals surface area contributed by atoms with E-state index in [4.69, 9.17) is 14.5 Å². The fraction of sp³-hybridized carbons (Fsp3) is 0.536. The first-order chi connectivity index (χ1) is 19.3. The molecule has 1 saturated carbocycles. The minimum atomic E-state index is -3.57.